The first kappa shape index (κ1) is 17.8. The third kappa shape index (κ3) is 3.59. The van der Waals surface area contributed by atoms with E-state index in [-0.39, 0.29) is 12.5 Å². The van der Waals surface area contributed by atoms with Crippen molar-refractivity contribution >= 4 is 17.0 Å². The number of benzene rings is 2. The second-order valence-corrected chi connectivity index (χ2v) is 6.55. The summed E-state index contributed by atoms with van der Waals surface area (Å²) in [6, 6.07) is 12.9. The Morgan fingerprint density at radius 1 is 0.929 bits per heavy atom. The standard InChI is InChI=1S/C21H18N4O3/c1-12-4-6-15(7-5-12)20-24-19(28-25-20)11-27-21(26)16-8-9-17-18(10-16)23-14(3)13(2)22-17/h4-10H,11H2,1-3H3. The lowest BCUT2D eigenvalue weighted by Gasteiger charge is -2.05. The van der Waals surface area contributed by atoms with Gasteiger partial charge in [0, 0.05) is 5.56 Å². The van der Waals surface area contributed by atoms with Crippen molar-refractivity contribution in [2.45, 2.75) is 27.4 Å². The number of ether oxygens (including phenoxy) is 1. The largest absolute Gasteiger partial charge is 0.452 e. The maximum atomic E-state index is 12.4. The molecule has 0 bridgehead atoms. The summed E-state index contributed by atoms with van der Waals surface area (Å²) >= 11 is 0. The molecule has 0 saturated carbocycles. The van der Waals surface area contributed by atoms with Crippen LogP contribution in [0.25, 0.3) is 22.4 Å². The van der Waals surface area contributed by atoms with Crippen LogP contribution in [0.5, 0.6) is 0 Å². The minimum atomic E-state index is -0.489. The second kappa shape index (κ2) is 7.19. The fraction of sp³-hybridized carbons (Fsp3) is 0.190. The second-order valence-electron chi connectivity index (χ2n) is 6.55. The topological polar surface area (TPSA) is 91.0 Å². The normalized spacial score (nSPS) is 11.0. The number of carbonyl (C=O) groups excluding carboxylic acids is 1. The van der Waals surface area contributed by atoms with Crippen LogP contribution in [0.1, 0.15) is 33.2 Å². The highest BCUT2D eigenvalue weighted by Gasteiger charge is 2.14. The number of fused-ring (bicyclic) bond motifs is 1. The zero-order valence-electron chi connectivity index (χ0n) is 15.8. The first-order valence-electron chi connectivity index (χ1n) is 8.81. The van der Waals surface area contributed by atoms with Crippen molar-refractivity contribution in [3.8, 4) is 11.4 Å². The highest BCUT2D eigenvalue weighted by Crippen LogP contribution is 2.18. The molecular formula is C21H18N4O3. The van der Waals surface area contributed by atoms with Crippen LogP contribution in [-0.4, -0.2) is 26.1 Å². The van der Waals surface area contributed by atoms with Gasteiger partial charge in [0.2, 0.25) is 5.82 Å². The van der Waals surface area contributed by atoms with E-state index >= 15 is 0 Å². The highest BCUT2D eigenvalue weighted by molar-refractivity contribution is 5.93. The number of hydrogen-bond donors (Lipinski definition) is 0. The summed E-state index contributed by atoms with van der Waals surface area (Å²) in [6.07, 6.45) is 0. The number of nitrogens with zero attached hydrogens (tertiary/aromatic N) is 4. The molecule has 0 unspecified atom stereocenters. The fourth-order valence-electron chi connectivity index (χ4n) is 2.70. The summed E-state index contributed by atoms with van der Waals surface area (Å²) in [7, 11) is 0. The molecule has 4 rings (SSSR count). The van der Waals surface area contributed by atoms with E-state index in [1.165, 1.54) is 0 Å². The average Bonchev–Trinajstić information content (AvgIpc) is 3.16. The molecular weight excluding hydrogens is 356 g/mol. The smallest absolute Gasteiger partial charge is 0.338 e. The van der Waals surface area contributed by atoms with Crippen molar-refractivity contribution in [1.82, 2.24) is 20.1 Å². The summed E-state index contributed by atoms with van der Waals surface area (Å²) in [5, 5.41) is 3.93. The predicted molar refractivity (Wildman–Crippen MR) is 103 cm³/mol. The third-order valence-electron chi connectivity index (χ3n) is 4.42. The summed E-state index contributed by atoms with van der Waals surface area (Å²) in [5.74, 6) is 0.200. The molecule has 2 aromatic heterocycles. The van der Waals surface area contributed by atoms with Gasteiger partial charge >= 0.3 is 5.97 Å². The molecule has 7 nitrogen and oxygen atoms in total. The Kier molecular flexibility index (Phi) is 4.57. The lowest BCUT2D eigenvalue weighted by molar-refractivity contribution is 0.0430. The molecule has 140 valence electrons. The first-order valence-corrected chi connectivity index (χ1v) is 8.81. The van der Waals surface area contributed by atoms with Crippen molar-refractivity contribution < 1.29 is 14.1 Å². The average molecular weight is 374 g/mol. The lowest BCUT2D eigenvalue weighted by Crippen LogP contribution is -2.06. The van der Waals surface area contributed by atoms with Crippen LogP contribution in [0, 0.1) is 20.8 Å². The third-order valence-corrected chi connectivity index (χ3v) is 4.42. The van der Waals surface area contributed by atoms with E-state index in [0.29, 0.717) is 16.9 Å². The van der Waals surface area contributed by atoms with Crippen LogP contribution >= 0.6 is 0 Å². The fourth-order valence-corrected chi connectivity index (χ4v) is 2.70. The van der Waals surface area contributed by atoms with Crippen LogP contribution in [-0.2, 0) is 11.3 Å². The molecule has 0 saturated heterocycles. The van der Waals surface area contributed by atoms with E-state index in [4.69, 9.17) is 9.26 Å². The number of rotatable bonds is 4. The minimum absolute atomic E-state index is 0.103. The molecule has 0 aliphatic carbocycles. The van der Waals surface area contributed by atoms with Gasteiger partial charge in [-0.25, -0.2) is 14.8 Å². The van der Waals surface area contributed by atoms with Crippen molar-refractivity contribution in [3.05, 3.63) is 70.9 Å². The van der Waals surface area contributed by atoms with Crippen molar-refractivity contribution in [1.29, 1.82) is 0 Å². The van der Waals surface area contributed by atoms with Crippen molar-refractivity contribution in [3.63, 3.8) is 0 Å². The highest BCUT2D eigenvalue weighted by atomic mass is 16.6. The van der Waals surface area contributed by atoms with Crippen molar-refractivity contribution in [2.75, 3.05) is 0 Å². The molecule has 0 atom stereocenters. The number of carbonyl (C=O) groups is 1. The molecule has 0 amide bonds. The van der Waals surface area contributed by atoms with Gasteiger partial charge in [-0.3, -0.25) is 0 Å². The molecule has 0 aliphatic heterocycles. The Bertz CT molecular complexity index is 1170. The van der Waals surface area contributed by atoms with Crippen molar-refractivity contribution in [2.24, 2.45) is 0 Å². The van der Waals surface area contributed by atoms with Gasteiger partial charge in [0.25, 0.3) is 5.89 Å². The Hall–Kier alpha value is -3.61. The molecule has 0 N–H and O–H groups in total. The number of hydrogen-bond acceptors (Lipinski definition) is 7. The predicted octanol–water partition coefficient (Wildman–Crippen LogP) is 3.96. The van der Waals surface area contributed by atoms with E-state index < -0.39 is 5.97 Å². The van der Waals surface area contributed by atoms with Crippen LogP contribution in [0.2, 0.25) is 0 Å². The Morgan fingerprint density at radius 3 is 2.39 bits per heavy atom. The minimum Gasteiger partial charge on any atom is -0.452 e. The molecule has 0 radical (unpaired) electrons. The molecule has 28 heavy (non-hydrogen) atoms. The van der Waals surface area contributed by atoms with E-state index in [2.05, 4.69) is 20.1 Å². The zero-order chi connectivity index (χ0) is 19.7. The maximum Gasteiger partial charge on any atom is 0.338 e. The van der Waals surface area contributed by atoms with Gasteiger partial charge in [0.15, 0.2) is 6.61 Å². The lowest BCUT2D eigenvalue weighted by atomic mass is 10.1. The Morgan fingerprint density at radius 2 is 1.64 bits per heavy atom. The molecule has 2 aromatic carbocycles. The van der Waals surface area contributed by atoms with E-state index in [9.17, 15) is 4.79 Å². The van der Waals surface area contributed by atoms with Gasteiger partial charge in [-0.2, -0.15) is 4.98 Å². The van der Waals surface area contributed by atoms with E-state index in [1.54, 1.807) is 18.2 Å². The van der Waals surface area contributed by atoms with Gasteiger partial charge in [0.1, 0.15) is 0 Å². The number of esters is 1. The van der Waals surface area contributed by atoms with E-state index in [1.807, 2.05) is 45.0 Å². The SMILES string of the molecule is Cc1ccc(-c2noc(COC(=O)c3ccc4nc(C)c(C)nc4c3)n2)cc1. The molecule has 2 heterocycles. The Labute approximate surface area is 161 Å². The zero-order valence-corrected chi connectivity index (χ0v) is 15.8. The van der Waals surface area contributed by atoms with Crippen LogP contribution in [0.3, 0.4) is 0 Å². The number of aromatic nitrogens is 4. The molecule has 7 heteroatoms. The number of aryl methyl sites for hydroxylation is 3. The van der Waals surface area contributed by atoms with E-state index in [0.717, 1.165) is 28.0 Å². The molecule has 0 aliphatic rings. The van der Waals surface area contributed by atoms with Crippen LogP contribution in [0.15, 0.2) is 47.0 Å². The van der Waals surface area contributed by atoms with Gasteiger partial charge < -0.3 is 9.26 Å². The summed E-state index contributed by atoms with van der Waals surface area (Å²) in [6.45, 7) is 5.69. The van der Waals surface area contributed by atoms with Gasteiger partial charge in [0.05, 0.1) is 28.0 Å². The summed E-state index contributed by atoms with van der Waals surface area (Å²) in [4.78, 5) is 25.6. The summed E-state index contributed by atoms with van der Waals surface area (Å²) in [5.41, 5.74) is 5.45. The molecule has 4 aromatic rings. The van der Waals surface area contributed by atoms with Gasteiger partial charge in [-0.05, 0) is 39.0 Å². The first-order chi connectivity index (χ1) is 13.5. The van der Waals surface area contributed by atoms with Gasteiger partial charge in [-0.15, -0.1) is 0 Å². The van der Waals surface area contributed by atoms with Gasteiger partial charge in [-0.1, -0.05) is 35.0 Å². The van der Waals surface area contributed by atoms with Crippen LogP contribution in [0.4, 0.5) is 0 Å². The Balaban J connectivity index is 1.46. The monoisotopic (exact) mass is 374 g/mol. The quantitative estimate of drug-likeness (QED) is 0.499. The maximum absolute atomic E-state index is 12.4. The molecule has 0 spiro atoms. The molecule has 0 fully saturated rings. The van der Waals surface area contributed by atoms with Crippen LogP contribution < -0.4 is 0 Å². The summed E-state index contributed by atoms with van der Waals surface area (Å²) < 4.78 is 10.5.